The van der Waals surface area contributed by atoms with Gasteiger partial charge in [0.2, 0.25) is 0 Å². The molecule has 4 rings (SSSR count). The molecule has 0 radical (unpaired) electrons. The molecule has 6 nitrogen and oxygen atoms in total. The highest BCUT2D eigenvalue weighted by atomic mass is 79.9. The molecule has 0 spiro atoms. The smallest absolute Gasteiger partial charge is 0.255 e. The first-order valence-corrected chi connectivity index (χ1v) is 11.4. The third-order valence-electron chi connectivity index (χ3n) is 5.38. The van der Waals surface area contributed by atoms with Gasteiger partial charge >= 0.3 is 0 Å². The Bertz CT molecular complexity index is 1040. The van der Waals surface area contributed by atoms with Gasteiger partial charge in [0.15, 0.2) is 0 Å². The van der Waals surface area contributed by atoms with Crippen molar-refractivity contribution >= 4 is 39.1 Å². The number of rotatable bonds is 7. The molecular formula is C23H24BrClN4O2. The lowest BCUT2D eigenvalue weighted by atomic mass is 10.1. The lowest BCUT2D eigenvalue weighted by Crippen LogP contribution is -2.23. The van der Waals surface area contributed by atoms with Crippen molar-refractivity contribution in [2.45, 2.75) is 25.3 Å². The predicted octanol–water partition coefficient (Wildman–Crippen LogP) is 5.28. The van der Waals surface area contributed by atoms with E-state index in [1.807, 2.05) is 25.2 Å². The Hall–Kier alpha value is -2.35. The van der Waals surface area contributed by atoms with Gasteiger partial charge in [-0.1, -0.05) is 11.6 Å². The zero-order valence-corrected chi connectivity index (χ0v) is 19.5. The van der Waals surface area contributed by atoms with Gasteiger partial charge in [-0.25, -0.2) is 0 Å². The Morgan fingerprint density at radius 2 is 2.13 bits per heavy atom. The summed E-state index contributed by atoms with van der Waals surface area (Å²) in [6, 6.07) is 13.0. The van der Waals surface area contributed by atoms with Gasteiger partial charge in [-0.05, 0) is 84.2 Å². The fourth-order valence-corrected chi connectivity index (χ4v) is 4.44. The molecule has 0 saturated carbocycles. The zero-order valence-electron chi connectivity index (χ0n) is 17.2. The number of nitrogens with one attached hydrogen (secondary N) is 2. The number of anilines is 1. The average Bonchev–Trinajstić information content (AvgIpc) is 3.39. The molecule has 8 heteroatoms. The lowest BCUT2D eigenvalue weighted by molar-refractivity contribution is 0.102. The minimum absolute atomic E-state index is 0.201. The number of halogens is 2. The van der Waals surface area contributed by atoms with Crippen LogP contribution in [0.25, 0.3) is 11.3 Å². The molecule has 1 atom stereocenters. The van der Waals surface area contributed by atoms with Crippen molar-refractivity contribution in [2.75, 3.05) is 18.5 Å². The number of hydrogen-bond acceptors (Lipinski definition) is 4. The maximum absolute atomic E-state index is 12.6. The number of aromatic nitrogens is 2. The van der Waals surface area contributed by atoms with Gasteiger partial charge in [0.05, 0.1) is 23.0 Å². The maximum atomic E-state index is 12.6. The van der Waals surface area contributed by atoms with E-state index in [9.17, 15) is 4.79 Å². The van der Waals surface area contributed by atoms with Gasteiger partial charge in [0, 0.05) is 34.9 Å². The van der Waals surface area contributed by atoms with Crippen molar-refractivity contribution in [3.8, 4) is 17.0 Å². The second kappa shape index (κ2) is 9.85. The first-order chi connectivity index (χ1) is 15.0. The van der Waals surface area contributed by atoms with E-state index < -0.39 is 0 Å². The molecule has 2 aromatic carbocycles. The minimum atomic E-state index is -0.201. The summed E-state index contributed by atoms with van der Waals surface area (Å²) in [5, 5.41) is 11.4. The first kappa shape index (κ1) is 21.9. The van der Waals surface area contributed by atoms with E-state index in [0.29, 0.717) is 28.9 Å². The van der Waals surface area contributed by atoms with Crippen molar-refractivity contribution < 1.29 is 9.53 Å². The van der Waals surface area contributed by atoms with Crippen LogP contribution in [0.1, 0.15) is 29.6 Å². The number of amides is 1. The molecule has 2 heterocycles. The molecule has 162 valence electrons. The van der Waals surface area contributed by atoms with Crippen LogP contribution in [0.5, 0.6) is 5.75 Å². The minimum Gasteiger partial charge on any atom is -0.493 e. The van der Waals surface area contributed by atoms with Crippen LogP contribution in [0.2, 0.25) is 5.02 Å². The molecule has 1 saturated heterocycles. The summed E-state index contributed by atoms with van der Waals surface area (Å²) in [6.45, 7) is 1.70. The van der Waals surface area contributed by atoms with Crippen molar-refractivity contribution in [1.29, 1.82) is 0 Å². The number of hydrogen-bond donors (Lipinski definition) is 2. The zero-order chi connectivity index (χ0) is 21.8. The van der Waals surface area contributed by atoms with E-state index in [-0.39, 0.29) is 5.91 Å². The number of benzene rings is 2. The number of carbonyl (C=O) groups excluding carboxylic acids is 1. The molecule has 0 bridgehead atoms. The summed E-state index contributed by atoms with van der Waals surface area (Å²) in [4.78, 5) is 12.6. The summed E-state index contributed by atoms with van der Waals surface area (Å²) < 4.78 is 8.81. The molecule has 1 aliphatic rings. The summed E-state index contributed by atoms with van der Waals surface area (Å²) in [6.07, 6.45) is 5.13. The van der Waals surface area contributed by atoms with Crippen LogP contribution < -0.4 is 15.4 Å². The second-order valence-electron chi connectivity index (χ2n) is 7.57. The van der Waals surface area contributed by atoms with Crippen molar-refractivity contribution in [1.82, 2.24) is 15.1 Å². The van der Waals surface area contributed by atoms with Crippen molar-refractivity contribution in [2.24, 2.45) is 7.05 Å². The fourth-order valence-electron chi connectivity index (χ4n) is 3.75. The highest BCUT2D eigenvalue weighted by Crippen LogP contribution is 2.37. The van der Waals surface area contributed by atoms with Gasteiger partial charge in [-0.3, -0.25) is 9.48 Å². The number of carbonyl (C=O) groups is 1. The largest absolute Gasteiger partial charge is 0.493 e. The fraction of sp³-hybridized carbons (Fsp3) is 0.304. The predicted molar refractivity (Wildman–Crippen MR) is 127 cm³/mol. The summed E-state index contributed by atoms with van der Waals surface area (Å²) in [5.41, 5.74) is 2.96. The Kier molecular flexibility index (Phi) is 6.95. The summed E-state index contributed by atoms with van der Waals surface area (Å²) in [7, 11) is 1.88. The highest BCUT2D eigenvalue weighted by Gasteiger charge is 2.18. The van der Waals surface area contributed by atoms with Gasteiger partial charge in [0.1, 0.15) is 5.75 Å². The van der Waals surface area contributed by atoms with E-state index in [4.69, 9.17) is 16.3 Å². The highest BCUT2D eigenvalue weighted by molar-refractivity contribution is 9.10. The monoisotopic (exact) mass is 502 g/mol. The molecule has 1 amide bonds. The van der Waals surface area contributed by atoms with Crippen LogP contribution in [0.3, 0.4) is 0 Å². The lowest BCUT2D eigenvalue weighted by Gasteiger charge is -2.16. The van der Waals surface area contributed by atoms with Gasteiger partial charge in [0.25, 0.3) is 5.91 Å². The summed E-state index contributed by atoms with van der Waals surface area (Å²) >= 11 is 9.50. The van der Waals surface area contributed by atoms with Gasteiger partial charge < -0.3 is 15.4 Å². The SMILES string of the molecule is Cn1ncc(Br)c1-c1cc(NC(=O)c2ccc(Cl)cc2)ccc1OCCC1CCCN1. The Balaban J connectivity index is 1.57. The quantitative estimate of drug-likeness (QED) is 0.460. The molecule has 2 N–H and O–H groups in total. The third kappa shape index (κ3) is 5.29. The molecule has 1 fully saturated rings. The summed E-state index contributed by atoms with van der Waals surface area (Å²) in [5.74, 6) is 0.555. The Labute approximate surface area is 195 Å². The van der Waals surface area contributed by atoms with Crippen LogP contribution in [0.15, 0.2) is 53.1 Å². The molecule has 3 aromatic rings. The van der Waals surface area contributed by atoms with E-state index in [1.165, 1.54) is 12.8 Å². The number of ether oxygens (including phenoxy) is 1. The third-order valence-corrected chi connectivity index (χ3v) is 6.21. The van der Waals surface area contributed by atoms with Crippen LogP contribution in [0.4, 0.5) is 5.69 Å². The molecule has 0 aliphatic carbocycles. The average molecular weight is 504 g/mol. The molecule has 1 aromatic heterocycles. The molecule has 1 aliphatic heterocycles. The van der Waals surface area contributed by atoms with Crippen molar-refractivity contribution in [3.05, 3.63) is 63.7 Å². The Morgan fingerprint density at radius 3 is 2.81 bits per heavy atom. The number of aryl methyl sites for hydroxylation is 1. The topological polar surface area (TPSA) is 68.2 Å². The Morgan fingerprint density at radius 1 is 1.32 bits per heavy atom. The van der Waals surface area contributed by atoms with Crippen molar-refractivity contribution in [3.63, 3.8) is 0 Å². The van der Waals surface area contributed by atoms with E-state index in [2.05, 4.69) is 31.7 Å². The van der Waals surface area contributed by atoms with E-state index in [1.54, 1.807) is 35.1 Å². The first-order valence-electron chi connectivity index (χ1n) is 10.3. The van der Waals surface area contributed by atoms with E-state index >= 15 is 0 Å². The van der Waals surface area contributed by atoms with Crippen LogP contribution >= 0.6 is 27.5 Å². The molecular weight excluding hydrogens is 480 g/mol. The van der Waals surface area contributed by atoms with Crippen LogP contribution in [-0.2, 0) is 7.05 Å². The van der Waals surface area contributed by atoms with Gasteiger partial charge in [-0.15, -0.1) is 0 Å². The standard InChI is InChI=1S/C23H24BrClN4O2/c1-29-22(20(24)14-27-29)19-13-18(28-23(30)15-4-6-16(25)7-5-15)8-9-21(19)31-12-10-17-3-2-11-26-17/h4-9,13-14,17,26H,2-3,10-12H2,1H3,(H,28,30). The van der Waals surface area contributed by atoms with Crippen LogP contribution in [-0.4, -0.2) is 34.9 Å². The van der Waals surface area contributed by atoms with Crippen LogP contribution in [0, 0.1) is 0 Å². The van der Waals surface area contributed by atoms with Gasteiger partial charge in [-0.2, -0.15) is 5.10 Å². The normalized spacial score (nSPS) is 15.8. The van der Waals surface area contributed by atoms with E-state index in [0.717, 1.165) is 34.4 Å². The number of nitrogens with zero attached hydrogens (tertiary/aromatic N) is 2. The molecule has 31 heavy (non-hydrogen) atoms. The molecule has 1 unspecified atom stereocenters. The maximum Gasteiger partial charge on any atom is 0.255 e. The second-order valence-corrected chi connectivity index (χ2v) is 8.86.